The molecule has 0 saturated heterocycles. The molecule has 3 heterocycles. The molecule has 0 saturated carbocycles. The Balaban J connectivity index is 1.26. The van der Waals surface area contributed by atoms with Gasteiger partial charge in [0.15, 0.2) is 0 Å². The highest BCUT2D eigenvalue weighted by atomic mass is 32.1. The first-order valence-corrected chi connectivity index (χ1v) is 11.1. The topological polar surface area (TPSA) is 91.0 Å². The van der Waals surface area contributed by atoms with Gasteiger partial charge in [-0.15, -0.1) is 11.3 Å². The number of ether oxygens (including phenoxy) is 1. The first kappa shape index (κ1) is 20.3. The second-order valence-corrected chi connectivity index (χ2v) is 8.38. The van der Waals surface area contributed by atoms with E-state index in [9.17, 15) is 9.59 Å². The molecule has 1 aromatic carbocycles. The van der Waals surface area contributed by atoms with E-state index in [-0.39, 0.29) is 11.6 Å². The van der Waals surface area contributed by atoms with Crippen LogP contribution in [0, 0.1) is 6.92 Å². The third kappa shape index (κ3) is 4.79. The van der Waals surface area contributed by atoms with Crippen molar-refractivity contribution < 1.29 is 9.53 Å². The third-order valence-corrected chi connectivity index (χ3v) is 5.84. The molecule has 0 atom stereocenters. The number of rotatable bonds is 8. The molecule has 8 nitrogen and oxygen atoms in total. The normalized spacial score (nSPS) is 13.1. The molecule has 0 aliphatic carbocycles. The number of nitrogens with one attached hydrogen (secondary N) is 1. The fraction of sp³-hybridized carbons (Fsp3) is 0.429. The average molecular weight is 428 g/mol. The lowest BCUT2D eigenvalue weighted by molar-refractivity contribution is 0.0952. The summed E-state index contributed by atoms with van der Waals surface area (Å²) in [7, 11) is 0. The average Bonchev–Trinajstić information content (AvgIpc) is 3.33. The number of carbonyl (C=O) groups is 1. The summed E-state index contributed by atoms with van der Waals surface area (Å²) in [4.78, 5) is 29.1. The molecule has 3 aromatic rings. The number of aryl methyl sites for hydroxylation is 3. The Kier molecular flexibility index (Phi) is 6.27. The number of hydrogen-bond acceptors (Lipinski definition) is 6. The van der Waals surface area contributed by atoms with Crippen LogP contribution in [-0.2, 0) is 26.1 Å². The third-order valence-electron chi connectivity index (χ3n) is 5.01. The summed E-state index contributed by atoms with van der Waals surface area (Å²) >= 11 is 1.58. The highest BCUT2D eigenvalue weighted by Gasteiger charge is 2.16. The van der Waals surface area contributed by atoms with Crippen LogP contribution in [0.15, 0.2) is 34.4 Å². The van der Waals surface area contributed by atoms with Gasteiger partial charge in [-0.05, 0) is 44.4 Å². The van der Waals surface area contributed by atoms with E-state index >= 15 is 0 Å². The molecule has 1 aliphatic rings. The largest absolute Gasteiger partial charge is 0.487 e. The first-order valence-electron chi connectivity index (χ1n) is 10.2. The van der Waals surface area contributed by atoms with Crippen LogP contribution in [0.25, 0.3) is 0 Å². The monoisotopic (exact) mass is 427 g/mol. The van der Waals surface area contributed by atoms with Crippen molar-refractivity contribution in [3.63, 3.8) is 0 Å². The second kappa shape index (κ2) is 9.25. The van der Waals surface area contributed by atoms with Crippen molar-refractivity contribution in [2.75, 3.05) is 6.54 Å². The lowest BCUT2D eigenvalue weighted by atomic mass is 10.2. The summed E-state index contributed by atoms with van der Waals surface area (Å²) < 4.78 is 9.03. The van der Waals surface area contributed by atoms with Crippen molar-refractivity contribution in [3.8, 4) is 5.75 Å². The van der Waals surface area contributed by atoms with Crippen molar-refractivity contribution in [1.82, 2.24) is 24.6 Å². The molecular weight excluding hydrogens is 402 g/mol. The molecule has 30 heavy (non-hydrogen) atoms. The fourth-order valence-electron chi connectivity index (χ4n) is 3.49. The molecule has 1 amide bonds. The number of hydrogen-bond donors (Lipinski definition) is 1. The summed E-state index contributed by atoms with van der Waals surface area (Å²) in [6.45, 7) is 4.05. The maximum absolute atomic E-state index is 12.4. The standard InChI is InChI=1S/C21H25N5O3S/c1-15-23-17(14-30-15)13-29-18-7-4-6-16(12-18)20(27)22-9-5-11-26-21(28)25-10-3-2-8-19(25)24-26/h4,6-7,12,14H,2-3,5,8-11,13H2,1H3,(H,22,27). The van der Waals surface area contributed by atoms with Crippen LogP contribution in [0.5, 0.6) is 5.75 Å². The van der Waals surface area contributed by atoms with Gasteiger partial charge in [0, 0.05) is 37.0 Å². The van der Waals surface area contributed by atoms with E-state index in [4.69, 9.17) is 4.74 Å². The Morgan fingerprint density at radius 3 is 3.03 bits per heavy atom. The molecule has 1 aliphatic heterocycles. The smallest absolute Gasteiger partial charge is 0.345 e. The van der Waals surface area contributed by atoms with Crippen molar-refractivity contribution >= 4 is 17.2 Å². The van der Waals surface area contributed by atoms with Crippen molar-refractivity contribution in [2.24, 2.45) is 0 Å². The van der Waals surface area contributed by atoms with E-state index in [2.05, 4.69) is 15.4 Å². The molecule has 4 rings (SSSR count). The molecule has 2 aromatic heterocycles. The summed E-state index contributed by atoms with van der Waals surface area (Å²) in [6.07, 6.45) is 3.61. The predicted octanol–water partition coefficient (Wildman–Crippen LogP) is 2.55. The van der Waals surface area contributed by atoms with Crippen molar-refractivity contribution in [1.29, 1.82) is 0 Å². The zero-order valence-corrected chi connectivity index (χ0v) is 17.8. The molecule has 1 N–H and O–H groups in total. The Hall–Kier alpha value is -2.94. The highest BCUT2D eigenvalue weighted by molar-refractivity contribution is 7.09. The van der Waals surface area contributed by atoms with Gasteiger partial charge in [0.25, 0.3) is 5.91 Å². The Morgan fingerprint density at radius 2 is 2.23 bits per heavy atom. The van der Waals surface area contributed by atoms with E-state index in [1.165, 1.54) is 4.68 Å². The van der Waals surface area contributed by atoms with E-state index < -0.39 is 0 Å². The summed E-state index contributed by atoms with van der Waals surface area (Å²) in [5.74, 6) is 1.34. The molecule has 9 heteroatoms. The zero-order valence-electron chi connectivity index (χ0n) is 17.0. The maximum atomic E-state index is 12.4. The van der Waals surface area contributed by atoms with Crippen molar-refractivity contribution in [3.05, 3.63) is 62.2 Å². The molecule has 158 valence electrons. The van der Waals surface area contributed by atoms with Gasteiger partial charge in [-0.25, -0.2) is 14.5 Å². The minimum Gasteiger partial charge on any atom is -0.487 e. The second-order valence-electron chi connectivity index (χ2n) is 7.31. The highest BCUT2D eigenvalue weighted by Crippen LogP contribution is 2.16. The van der Waals surface area contributed by atoms with E-state index in [1.54, 1.807) is 34.1 Å². The first-order chi connectivity index (χ1) is 14.6. The molecule has 0 radical (unpaired) electrons. The zero-order chi connectivity index (χ0) is 20.9. The Labute approximate surface area is 178 Å². The molecule has 0 spiro atoms. The number of thiazole rings is 1. The van der Waals surface area contributed by atoms with Gasteiger partial charge < -0.3 is 10.1 Å². The lowest BCUT2D eigenvalue weighted by Crippen LogP contribution is -2.29. The SMILES string of the molecule is Cc1nc(COc2cccc(C(=O)NCCCn3nc4n(c3=O)CCCC4)c2)cs1. The van der Waals surface area contributed by atoms with Crippen LogP contribution in [0.3, 0.4) is 0 Å². The number of aromatic nitrogens is 4. The molecule has 0 bridgehead atoms. The van der Waals surface area contributed by atoms with Gasteiger partial charge in [0.05, 0.1) is 10.7 Å². The van der Waals surface area contributed by atoms with Gasteiger partial charge in [-0.2, -0.15) is 5.10 Å². The molecule has 0 fully saturated rings. The van der Waals surface area contributed by atoms with Crippen molar-refractivity contribution in [2.45, 2.75) is 52.3 Å². The predicted molar refractivity (Wildman–Crippen MR) is 114 cm³/mol. The van der Waals surface area contributed by atoms with Gasteiger partial charge in [0.1, 0.15) is 18.2 Å². The lowest BCUT2D eigenvalue weighted by Gasteiger charge is -2.09. The summed E-state index contributed by atoms with van der Waals surface area (Å²) in [5.41, 5.74) is 1.37. The van der Waals surface area contributed by atoms with Crippen LogP contribution in [0.1, 0.15) is 46.1 Å². The number of carbonyl (C=O) groups excluding carboxylic acids is 1. The minimum absolute atomic E-state index is 0.0452. The maximum Gasteiger partial charge on any atom is 0.345 e. The Bertz CT molecular complexity index is 1080. The fourth-order valence-corrected chi connectivity index (χ4v) is 4.08. The Morgan fingerprint density at radius 1 is 1.33 bits per heavy atom. The van der Waals surface area contributed by atoms with E-state index in [0.717, 1.165) is 42.3 Å². The van der Waals surface area contributed by atoms with Crippen LogP contribution in [-0.4, -0.2) is 31.8 Å². The van der Waals surface area contributed by atoms with Crippen LogP contribution < -0.4 is 15.7 Å². The van der Waals surface area contributed by atoms with Gasteiger partial charge in [0.2, 0.25) is 0 Å². The van der Waals surface area contributed by atoms with E-state index in [0.29, 0.717) is 37.4 Å². The number of fused-ring (bicyclic) bond motifs is 1. The number of benzene rings is 1. The van der Waals surface area contributed by atoms with Gasteiger partial charge in [-0.1, -0.05) is 6.07 Å². The van der Waals surface area contributed by atoms with Crippen LogP contribution in [0.2, 0.25) is 0 Å². The summed E-state index contributed by atoms with van der Waals surface area (Å²) in [6, 6.07) is 7.10. The van der Waals surface area contributed by atoms with E-state index in [1.807, 2.05) is 18.4 Å². The summed E-state index contributed by atoms with van der Waals surface area (Å²) in [5, 5.41) is 10.3. The quantitative estimate of drug-likeness (QED) is 0.558. The number of amides is 1. The molecule has 0 unspecified atom stereocenters. The van der Waals surface area contributed by atoms with Crippen LogP contribution in [0.4, 0.5) is 0 Å². The van der Waals surface area contributed by atoms with Crippen LogP contribution >= 0.6 is 11.3 Å². The molecular formula is C21H25N5O3S. The van der Waals surface area contributed by atoms with Gasteiger partial charge >= 0.3 is 5.69 Å². The van der Waals surface area contributed by atoms with Gasteiger partial charge in [-0.3, -0.25) is 9.36 Å². The minimum atomic E-state index is -0.165. The number of nitrogens with zero attached hydrogens (tertiary/aromatic N) is 4.